The smallest absolute Gasteiger partial charge is 0.251 e. The van der Waals surface area contributed by atoms with E-state index in [1.807, 2.05) is 0 Å². The molecule has 0 bridgehead atoms. The molecule has 9 heteroatoms. The highest BCUT2D eigenvalue weighted by molar-refractivity contribution is 5.80. The van der Waals surface area contributed by atoms with E-state index < -0.39 is 49.3 Å². The van der Waals surface area contributed by atoms with Gasteiger partial charge < -0.3 is 40.3 Å². The number of aliphatic hydroxyl groups is 6. The van der Waals surface area contributed by atoms with E-state index >= 15 is 0 Å². The molecular formula is C35H69NO8. The van der Waals surface area contributed by atoms with Gasteiger partial charge in [-0.05, 0) is 12.8 Å². The van der Waals surface area contributed by atoms with E-state index in [1.54, 1.807) is 0 Å². The van der Waals surface area contributed by atoms with Crippen molar-refractivity contribution < 1.29 is 40.2 Å². The zero-order valence-corrected chi connectivity index (χ0v) is 28.2. The quantitative estimate of drug-likeness (QED) is 0.0661. The van der Waals surface area contributed by atoms with Crippen molar-refractivity contribution in [1.29, 1.82) is 0 Å². The third kappa shape index (κ3) is 17.8. The minimum absolute atomic E-state index is 0.0279. The van der Waals surface area contributed by atoms with Gasteiger partial charge in [-0.15, -0.1) is 0 Å². The molecule has 7 atom stereocenters. The first kappa shape index (κ1) is 41.2. The Morgan fingerprint density at radius 2 is 1.07 bits per heavy atom. The Kier molecular flexibility index (Phi) is 24.6. The molecule has 0 radical (unpaired) electrons. The van der Waals surface area contributed by atoms with Crippen LogP contribution in [-0.4, -0.2) is 104 Å². The first-order valence-electron chi connectivity index (χ1n) is 18.2. The molecule has 6 N–H and O–H groups in total. The maximum Gasteiger partial charge on any atom is 0.251 e. The Labute approximate surface area is 268 Å². The van der Waals surface area contributed by atoms with Crippen molar-refractivity contribution in [3.63, 3.8) is 0 Å². The fraction of sp³-hybridized carbons (Fsp3) is 0.971. The number of amides is 1. The summed E-state index contributed by atoms with van der Waals surface area (Å²) in [4.78, 5) is 14.8. The molecule has 1 rings (SSSR count). The molecule has 262 valence electrons. The van der Waals surface area contributed by atoms with E-state index in [2.05, 4.69) is 13.8 Å². The molecule has 1 aliphatic rings. The van der Waals surface area contributed by atoms with Crippen molar-refractivity contribution >= 4 is 5.91 Å². The number of rotatable bonds is 28. The summed E-state index contributed by atoms with van der Waals surface area (Å²) >= 11 is 0. The van der Waals surface area contributed by atoms with Crippen molar-refractivity contribution in [2.75, 3.05) is 19.7 Å². The molecule has 1 heterocycles. The van der Waals surface area contributed by atoms with Crippen LogP contribution in [0, 0.1) is 0 Å². The van der Waals surface area contributed by atoms with Crippen molar-refractivity contribution in [2.24, 2.45) is 0 Å². The minimum atomic E-state index is -1.51. The summed E-state index contributed by atoms with van der Waals surface area (Å²) in [7, 11) is 0. The Hall–Kier alpha value is -0.810. The van der Waals surface area contributed by atoms with Crippen LogP contribution in [0.3, 0.4) is 0 Å². The van der Waals surface area contributed by atoms with Crippen LogP contribution < -0.4 is 0 Å². The second-order valence-electron chi connectivity index (χ2n) is 13.2. The lowest BCUT2D eigenvalue weighted by Gasteiger charge is -2.41. The van der Waals surface area contributed by atoms with Crippen LogP contribution in [0.15, 0.2) is 0 Å². The van der Waals surface area contributed by atoms with Crippen molar-refractivity contribution in [1.82, 2.24) is 4.90 Å². The van der Waals surface area contributed by atoms with Gasteiger partial charge in [0.2, 0.25) is 0 Å². The highest BCUT2D eigenvalue weighted by atomic mass is 16.5. The van der Waals surface area contributed by atoms with E-state index in [9.17, 15) is 35.4 Å². The molecule has 44 heavy (non-hydrogen) atoms. The van der Waals surface area contributed by atoms with E-state index in [-0.39, 0.29) is 18.9 Å². The Morgan fingerprint density at radius 1 is 0.636 bits per heavy atom. The maximum atomic E-state index is 13.2. The molecule has 1 saturated heterocycles. The van der Waals surface area contributed by atoms with Gasteiger partial charge in [-0.25, -0.2) is 0 Å². The Morgan fingerprint density at radius 3 is 1.55 bits per heavy atom. The topological polar surface area (TPSA) is 151 Å². The first-order chi connectivity index (χ1) is 21.3. The Balaban J connectivity index is 2.49. The van der Waals surface area contributed by atoms with Crippen LogP contribution in [0.25, 0.3) is 0 Å². The molecule has 0 spiro atoms. The summed E-state index contributed by atoms with van der Waals surface area (Å²) in [5, 5.41) is 61.5. The molecule has 0 aliphatic carbocycles. The molecule has 0 saturated carbocycles. The molecule has 1 fully saturated rings. The van der Waals surface area contributed by atoms with Gasteiger partial charge in [0.25, 0.3) is 5.91 Å². The lowest BCUT2D eigenvalue weighted by molar-refractivity contribution is -0.234. The predicted molar refractivity (Wildman–Crippen MR) is 175 cm³/mol. The number of aliphatic hydroxyl groups excluding tert-OH is 6. The molecule has 9 nitrogen and oxygen atoms in total. The normalized spacial score (nSPS) is 23.5. The van der Waals surface area contributed by atoms with Crippen LogP contribution in [0.5, 0.6) is 0 Å². The number of nitrogens with zero attached hydrogens (tertiary/aromatic N) is 1. The van der Waals surface area contributed by atoms with E-state index in [4.69, 9.17) is 4.74 Å². The number of ether oxygens (including phenoxy) is 1. The molecule has 1 aliphatic heterocycles. The van der Waals surface area contributed by atoms with Gasteiger partial charge in [0.05, 0.1) is 18.8 Å². The monoisotopic (exact) mass is 632 g/mol. The van der Waals surface area contributed by atoms with Crippen LogP contribution in [0.4, 0.5) is 0 Å². The Bertz CT molecular complexity index is 681. The predicted octanol–water partition coefficient (Wildman–Crippen LogP) is 5.00. The lowest BCUT2D eigenvalue weighted by Crippen LogP contribution is -2.59. The van der Waals surface area contributed by atoms with Crippen molar-refractivity contribution in [3.05, 3.63) is 0 Å². The summed E-state index contributed by atoms with van der Waals surface area (Å²) in [5.41, 5.74) is 0. The zero-order valence-electron chi connectivity index (χ0n) is 28.2. The molecule has 2 unspecified atom stereocenters. The van der Waals surface area contributed by atoms with Gasteiger partial charge in [0, 0.05) is 19.5 Å². The van der Waals surface area contributed by atoms with Crippen LogP contribution in [0.2, 0.25) is 0 Å². The summed E-state index contributed by atoms with van der Waals surface area (Å²) in [6.45, 7) is 4.28. The SMILES string of the molecule is CCCCCCCCCCCCCCCCN(CC(O)C[C@@H]1O[C@H](CO)[C@@H](O)[C@H](O)[C@H]1O)C(=O)C(O)CCCCCCCC. The third-order valence-electron chi connectivity index (χ3n) is 9.14. The molecule has 0 aromatic carbocycles. The second-order valence-corrected chi connectivity index (χ2v) is 13.2. The summed E-state index contributed by atoms with van der Waals surface area (Å²) in [6.07, 6.45) is 15.3. The third-order valence-corrected chi connectivity index (χ3v) is 9.14. The number of carbonyl (C=O) groups is 1. The molecule has 1 amide bonds. The summed E-state index contributed by atoms with van der Waals surface area (Å²) in [5.74, 6) is -0.388. The standard InChI is InChI=1S/C35H69NO8/c1-3-5-7-9-11-12-13-14-15-16-17-18-20-22-24-36(35(43)29(39)23-21-19-10-8-6-4-2)26-28(38)25-30-32(40)34(42)33(41)31(27-37)44-30/h28-34,37-42H,3-27H2,1-2H3/t28?,29?,30-,31+,32-,33+,34+/m0/s1. The molecular weight excluding hydrogens is 562 g/mol. The van der Waals surface area contributed by atoms with Gasteiger partial charge in [0.15, 0.2) is 0 Å². The van der Waals surface area contributed by atoms with Crippen LogP contribution in [0.1, 0.15) is 155 Å². The molecule has 0 aromatic rings. The fourth-order valence-electron chi connectivity index (χ4n) is 6.21. The van der Waals surface area contributed by atoms with Gasteiger partial charge in [-0.2, -0.15) is 0 Å². The summed E-state index contributed by atoms with van der Waals surface area (Å²) < 4.78 is 5.55. The van der Waals surface area contributed by atoms with Crippen LogP contribution >= 0.6 is 0 Å². The largest absolute Gasteiger partial charge is 0.394 e. The van der Waals surface area contributed by atoms with Crippen molar-refractivity contribution in [2.45, 2.75) is 198 Å². The zero-order chi connectivity index (χ0) is 32.6. The van der Waals surface area contributed by atoms with Gasteiger partial charge in [0.1, 0.15) is 30.5 Å². The first-order valence-corrected chi connectivity index (χ1v) is 18.2. The van der Waals surface area contributed by atoms with Gasteiger partial charge in [-0.1, -0.05) is 136 Å². The number of hydrogen-bond acceptors (Lipinski definition) is 8. The fourth-order valence-corrected chi connectivity index (χ4v) is 6.21. The van der Waals surface area contributed by atoms with E-state index in [0.29, 0.717) is 13.0 Å². The second kappa shape index (κ2) is 26.3. The lowest BCUT2D eigenvalue weighted by atomic mass is 9.92. The number of hydrogen-bond donors (Lipinski definition) is 6. The molecule has 0 aromatic heterocycles. The number of unbranched alkanes of at least 4 members (excludes halogenated alkanes) is 18. The average molecular weight is 632 g/mol. The highest BCUT2D eigenvalue weighted by Gasteiger charge is 2.44. The highest BCUT2D eigenvalue weighted by Crippen LogP contribution is 2.25. The summed E-state index contributed by atoms with van der Waals surface area (Å²) in [6, 6.07) is 0. The number of carbonyl (C=O) groups excluding carboxylic acids is 1. The minimum Gasteiger partial charge on any atom is -0.394 e. The van der Waals surface area contributed by atoms with Crippen molar-refractivity contribution in [3.8, 4) is 0 Å². The van der Waals surface area contributed by atoms with Gasteiger partial charge >= 0.3 is 0 Å². The van der Waals surface area contributed by atoms with Gasteiger partial charge in [-0.3, -0.25) is 4.79 Å². The maximum absolute atomic E-state index is 13.2. The van der Waals surface area contributed by atoms with E-state index in [0.717, 1.165) is 44.9 Å². The van der Waals surface area contributed by atoms with Crippen LogP contribution in [-0.2, 0) is 9.53 Å². The van der Waals surface area contributed by atoms with E-state index in [1.165, 1.54) is 88.4 Å². The average Bonchev–Trinajstić information content (AvgIpc) is 3.02.